The number of rotatable bonds is 5. The topological polar surface area (TPSA) is 85.6 Å². The Morgan fingerprint density at radius 3 is 2.46 bits per heavy atom. The molecule has 5 rings (SSSR count). The fourth-order valence-electron chi connectivity index (χ4n) is 4.04. The molecule has 0 aliphatic carbocycles. The van der Waals surface area contributed by atoms with Gasteiger partial charge in [-0.25, -0.2) is 4.99 Å². The molecule has 1 atom stereocenters. The molecule has 2 aromatic heterocycles. The molecular weight excluding hydrogens is 460 g/mol. The van der Waals surface area contributed by atoms with Gasteiger partial charge in [0, 0.05) is 18.1 Å². The van der Waals surface area contributed by atoms with E-state index in [4.69, 9.17) is 4.74 Å². The summed E-state index contributed by atoms with van der Waals surface area (Å²) in [6.45, 7) is 1.80. The minimum Gasteiger partial charge on any atom is -0.497 e. The number of thiazole rings is 1. The summed E-state index contributed by atoms with van der Waals surface area (Å²) in [5.41, 5.74) is 3.10. The Kier molecular flexibility index (Phi) is 6.12. The summed E-state index contributed by atoms with van der Waals surface area (Å²) in [6.07, 6.45) is 5.18. The van der Waals surface area contributed by atoms with Crippen LogP contribution >= 0.6 is 11.3 Å². The third kappa shape index (κ3) is 4.43. The summed E-state index contributed by atoms with van der Waals surface area (Å²) in [5, 5.41) is 2.95. The van der Waals surface area contributed by atoms with Crippen LogP contribution in [0.5, 0.6) is 5.75 Å². The van der Waals surface area contributed by atoms with E-state index in [2.05, 4.69) is 15.3 Å². The van der Waals surface area contributed by atoms with Crippen LogP contribution in [0.3, 0.4) is 0 Å². The molecule has 2 aromatic carbocycles. The van der Waals surface area contributed by atoms with Gasteiger partial charge in [-0.2, -0.15) is 0 Å². The van der Waals surface area contributed by atoms with Gasteiger partial charge < -0.3 is 10.1 Å². The van der Waals surface area contributed by atoms with Crippen LogP contribution < -0.4 is 24.9 Å². The Labute approximate surface area is 205 Å². The van der Waals surface area contributed by atoms with Crippen LogP contribution in [-0.2, 0) is 4.79 Å². The summed E-state index contributed by atoms with van der Waals surface area (Å²) < 4.78 is 7.45. The van der Waals surface area contributed by atoms with Gasteiger partial charge >= 0.3 is 0 Å². The summed E-state index contributed by atoms with van der Waals surface area (Å²) in [4.78, 5) is 36.4. The Balaban J connectivity index is 1.67. The predicted octanol–water partition coefficient (Wildman–Crippen LogP) is 3.28. The number of ether oxygens (including phenoxy) is 1. The average molecular weight is 483 g/mol. The fraction of sp³-hybridized carbons (Fsp3) is 0.111. The number of para-hydroxylation sites is 1. The third-order valence-corrected chi connectivity index (χ3v) is 6.72. The van der Waals surface area contributed by atoms with Crippen molar-refractivity contribution in [3.63, 3.8) is 0 Å². The van der Waals surface area contributed by atoms with E-state index in [9.17, 15) is 9.59 Å². The first kappa shape index (κ1) is 22.5. The van der Waals surface area contributed by atoms with Crippen LogP contribution in [0.25, 0.3) is 6.08 Å². The quantitative estimate of drug-likeness (QED) is 0.473. The van der Waals surface area contributed by atoms with Crippen molar-refractivity contribution in [3.05, 3.63) is 121 Å². The van der Waals surface area contributed by atoms with Crippen molar-refractivity contribution in [2.24, 2.45) is 4.99 Å². The van der Waals surface area contributed by atoms with E-state index in [1.165, 1.54) is 11.3 Å². The highest BCUT2D eigenvalue weighted by Gasteiger charge is 2.32. The SMILES string of the molecule is COc1ccc(C2C(C(=O)Nc3ccccc3)=C(C)N=c3s/c(=C\c4ccncc4)c(=O)n32)cc1. The molecule has 1 amide bonds. The van der Waals surface area contributed by atoms with Crippen molar-refractivity contribution >= 4 is 29.0 Å². The lowest BCUT2D eigenvalue weighted by atomic mass is 9.95. The predicted molar refractivity (Wildman–Crippen MR) is 136 cm³/mol. The summed E-state index contributed by atoms with van der Waals surface area (Å²) in [7, 11) is 1.60. The number of carbonyl (C=O) groups excluding carboxylic acids is 1. The molecule has 1 N–H and O–H groups in total. The van der Waals surface area contributed by atoms with Crippen molar-refractivity contribution in [3.8, 4) is 5.75 Å². The molecule has 4 aromatic rings. The second-order valence-corrected chi connectivity index (χ2v) is 8.96. The molecule has 0 spiro atoms. The van der Waals surface area contributed by atoms with E-state index < -0.39 is 6.04 Å². The lowest BCUT2D eigenvalue weighted by Gasteiger charge is -2.25. The van der Waals surface area contributed by atoms with Crippen LogP contribution in [-0.4, -0.2) is 22.6 Å². The monoisotopic (exact) mass is 482 g/mol. The van der Waals surface area contributed by atoms with E-state index in [1.807, 2.05) is 72.8 Å². The first-order valence-electron chi connectivity index (χ1n) is 11.0. The van der Waals surface area contributed by atoms with Crippen LogP contribution in [0.15, 0.2) is 100 Å². The number of anilines is 1. The third-order valence-electron chi connectivity index (χ3n) is 5.73. The van der Waals surface area contributed by atoms with Crippen molar-refractivity contribution in [1.82, 2.24) is 9.55 Å². The van der Waals surface area contributed by atoms with E-state index in [-0.39, 0.29) is 11.5 Å². The first-order chi connectivity index (χ1) is 17.0. The molecule has 35 heavy (non-hydrogen) atoms. The van der Waals surface area contributed by atoms with Crippen molar-refractivity contribution in [1.29, 1.82) is 0 Å². The molecular formula is C27H22N4O3S. The van der Waals surface area contributed by atoms with Crippen molar-refractivity contribution < 1.29 is 9.53 Å². The number of methoxy groups -OCH3 is 1. The number of allylic oxidation sites excluding steroid dienone is 1. The Morgan fingerprint density at radius 2 is 1.77 bits per heavy atom. The molecule has 1 unspecified atom stereocenters. The van der Waals surface area contributed by atoms with Gasteiger partial charge in [-0.3, -0.25) is 19.1 Å². The zero-order chi connectivity index (χ0) is 24.4. The molecule has 174 valence electrons. The molecule has 0 fully saturated rings. The maximum atomic E-state index is 13.6. The molecule has 0 saturated heterocycles. The molecule has 8 heteroatoms. The maximum Gasteiger partial charge on any atom is 0.271 e. The summed E-state index contributed by atoms with van der Waals surface area (Å²) in [6, 6.07) is 19.7. The molecule has 0 bridgehead atoms. The Bertz CT molecular complexity index is 1590. The Hall–Kier alpha value is -4.30. The van der Waals surface area contributed by atoms with Crippen molar-refractivity contribution in [2.75, 3.05) is 12.4 Å². The van der Waals surface area contributed by atoms with Gasteiger partial charge in [-0.05, 0) is 60.5 Å². The van der Waals surface area contributed by atoms with Crippen LogP contribution in [0.2, 0.25) is 0 Å². The molecule has 7 nitrogen and oxygen atoms in total. The lowest BCUT2D eigenvalue weighted by Crippen LogP contribution is -2.40. The molecule has 0 radical (unpaired) electrons. The zero-order valence-corrected chi connectivity index (χ0v) is 20.0. The number of pyridine rings is 1. The van der Waals surface area contributed by atoms with E-state index in [0.717, 1.165) is 11.1 Å². The maximum absolute atomic E-state index is 13.6. The number of nitrogens with one attached hydrogen (secondary N) is 1. The summed E-state index contributed by atoms with van der Waals surface area (Å²) >= 11 is 1.30. The van der Waals surface area contributed by atoms with Gasteiger partial charge in [0.05, 0.1) is 29.0 Å². The first-order valence-corrected chi connectivity index (χ1v) is 11.8. The highest BCUT2D eigenvalue weighted by Crippen LogP contribution is 2.31. The van der Waals surface area contributed by atoms with Gasteiger partial charge in [0.25, 0.3) is 11.5 Å². The minimum atomic E-state index is -0.638. The highest BCUT2D eigenvalue weighted by molar-refractivity contribution is 7.07. The van der Waals surface area contributed by atoms with Gasteiger partial charge in [0.15, 0.2) is 4.80 Å². The number of fused-ring (bicyclic) bond motifs is 1. The van der Waals surface area contributed by atoms with Gasteiger partial charge in [-0.15, -0.1) is 0 Å². The number of nitrogens with zero attached hydrogens (tertiary/aromatic N) is 3. The number of aromatic nitrogens is 2. The number of hydrogen-bond acceptors (Lipinski definition) is 6. The van der Waals surface area contributed by atoms with Crippen LogP contribution in [0, 0.1) is 0 Å². The Morgan fingerprint density at radius 1 is 1.06 bits per heavy atom. The second kappa shape index (κ2) is 9.52. The lowest BCUT2D eigenvalue weighted by molar-refractivity contribution is -0.113. The summed E-state index contributed by atoms with van der Waals surface area (Å²) in [5.74, 6) is 0.386. The van der Waals surface area contributed by atoms with Crippen LogP contribution in [0.1, 0.15) is 24.1 Å². The minimum absolute atomic E-state index is 0.205. The molecule has 3 heterocycles. The zero-order valence-electron chi connectivity index (χ0n) is 19.1. The van der Waals surface area contributed by atoms with Gasteiger partial charge in [-0.1, -0.05) is 41.7 Å². The van der Waals surface area contributed by atoms with Gasteiger partial charge in [0.1, 0.15) is 5.75 Å². The average Bonchev–Trinajstić information content (AvgIpc) is 3.18. The molecule has 1 aliphatic rings. The van der Waals surface area contributed by atoms with Crippen molar-refractivity contribution in [2.45, 2.75) is 13.0 Å². The van der Waals surface area contributed by atoms with E-state index in [0.29, 0.717) is 32.0 Å². The van der Waals surface area contributed by atoms with E-state index >= 15 is 0 Å². The highest BCUT2D eigenvalue weighted by atomic mass is 32.1. The second-order valence-electron chi connectivity index (χ2n) is 7.96. The van der Waals surface area contributed by atoms with E-state index in [1.54, 1.807) is 31.0 Å². The number of amides is 1. The smallest absolute Gasteiger partial charge is 0.271 e. The normalized spacial score (nSPS) is 15.4. The molecule has 0 saturated carbocycles. The number of hydrogen-bond donors (Lipinski definition) is 1. The number of carbonyl (C=O) groups is 1. The standard InChI is InChI=1S/C27H22N4O3S/c1-17-23(25(32)30-20-6-4-3-5-7-20)24(19-8-10-21(34-2)11-9-19)31-26(33)22(35-27(31)29-17)16-18-12-14-28-15-13-18/h3-16,24H,1-2H3,(H,30,32)/b22-16-. The van der Waals surface area contributed by atoms with Crippen LogP contribution in [0.4, 0.5) is 5.69 Å². The largest absolute Gasteiger partial charge is 0.497 e. The fourth-order valence-corrected chi connectivity index (χ4v) is 5.09. The number of benzene rings is 2. The van der Waals surface area contributed by atoms with Gasteiger partial charge in [0.2, 0.25) is 0 Å². The molecule has 1 aliphatic heterocycles.